The summed E-state index contributed by atoms with van der Waals surface area (Å²) in [6.45, 7) is 0. The molecule has 0 atom stereocenters. The van der Waals surface area contributed by atoms with E-state index in [4.69, 9.17) is 9.15 Å². The fourth-order valence-corrected chi connectivity index (χ4v) is 4.01. The quantitative estimate of drug-likeness (QED) is 0.724. The van der Waals surface area contributed by atoms with E-state index in [0.717, 1.165) is 23.5 Å². The maximum atomic E-state index is 12.4. The van der Waals surface area contributed by atoms with Crippen molar-refractivity contribution in [2.45, 2.75) is 48.7 Å². The van der Waals surface area contributed by atoms with Gasteiger partial charge in [0, 0.05) is 22.6 Å². The average molecular weight is 330 g/mol. The van der Waals surface area contributed by atoms with Gasteiger partial charge in [0.05, 0.1) is 12.7 Å². The molecule has 1 saturated carbocycles. The van der Waals surface area contributed by atoms with E-state index >= 15 is 0 Å². The summed E-state index contributed by atoms with van der Waals surface area (Å²) < 4.78 is 11.1. The van der Waals surface area contributed by atoms with Crippen LogP contribution in [0.5, 0.6) is 5.75 Å². The third-order valence-electron chi connectivity index (χ3n) is 4.38. The van der Waals surface area contributed by atoms with E-state index < -0.39 is 0 Å². The number of ether oxygens (including phenoxy) is 1. The van der Waals surface area contributed by atoms with Crippen molar-refractivity contribution < 1.29 is 9.15 Å². The predicted octanol–water partition coefficient (Wildman–Crippen LogP) is 4.99. The van der Waals surface area contributed by atoms with Gasteiger partial charge in [0.15, 0.2) is 0 Å². The molecule has 0 aliphatic heterocycles. The summed E-state index contributed by atoms with van der Waals surface area (Å²) in [4.78, 5) is 13.6. The van der Waals surface area contributed by atoms with Crippen LogP contribution in [0, 0.1) is 0 Å². The molecule has 1 aromatic heterocycles. The zero-order valence-corrected chi connectivity index (χ0v) is 14.2. The van der Waals surface area contributed by atoms with Crippen molar-refractivity contribution in [1.29, 1.82) is 0 Å². The Hall–Kier alpha value is -1.68. The molecule has 0 saturated heterocycles. The Kier molecular flexibility index (Phi) is 5.44. The number of thioether (sulfide) groups is 1. The Morgan fingerprint density at radius 3 is 2.61 bits per heavy atom. The molecule has 1 heterocycles. The third kappa shape index (κ3) is 3.99. The van der Waals surface area contributed by atoms with Gasteiger partial charge in [0.25, 0.3) is 0 Å². The Labute approximate surface area is 141 Å². The van der Waals surface area contributed by atoms with Crippen LogP contribution in [-0.2, 0) is 5.75 Å². The summed E-state index contributed by atoms with van der Waals surface area (Å²) in [5.74, 6) is 2.37. The molecule has 2 aromatic rings. The first-order chi connectivity index (χ1) is 11.3. The van der Waals surface area contributed by atoms with E-state index in [9.17, 15) is 4.79 Å². The summed E-state index contributed by atoms with van der Waals surface area (Å²) in [7, 11) is 1.62. The molecule has 0 amide bonds. The number of rotatable bonds is 5. The first kappa shape index (κ1) is 16.2. The molecule has 3 rings (SSSR count). The lowest BCUT2D eigenvalue weighted by atomic mass is 9.87. The van der Waals surface area contributed by atoms with Crippen molar-refractivity contribution in [3.05, 3.63) is 58.1 Å². The van der Waals surface area contributed by atoms with Gasteiger partial charge in [-0.15, -0.1) is 11.8 Å². The SMILES string of the molecule is COc1cc(C2CCCCC2)oc(=O)c1CSc1ccccc1. The molecule has 0 unspecified atom stereocenters. The largest absolute Gasteiger partial charge is 0.496 e. The van der Waals surface area contributed by atoms with E-state index in [-0.39, 0.29) is 5.63 Å². The highest BCUT2D eigenvalue weighted by Crippen LogP contribution is 2.35. The van der Waals surface area contributed by atoms with Crippen molar-refractivity contribution in [2.24, 2.45) is 0 Å². The number of hydrogen-bond acceptors (Lipinski definition) is 4. The maximum absolute atomic E-state index is 12.4. The molecule has 4 heteroatoms. The molecule has 1 aliphatic rings. The van der Waals surface area contributed by atoms with Gasteiger partial charge in [-0.25, -0.2) is 4.79 Å². The lowest BCUT2D eigenvalue weighted by Crippen LogP contribution is -2.13. The van der Waals surface area contributed by atoms with Crippen molar-refractivity contribution in [3.8, 4) is 5.75 Å². The second kappa shape index (κ2) is 7.73. The average Bonchev–Trinajstić information content (AvgIpc) is 2.61. The first-order valence-corrected chi connectivity index (χ1v) is 9.15. The third-order valence-corrected chi connectivity index (χ3v) is 5.42. The zero-order valence-electron chi connectivity index (χ0n) is 13.4. The molecule has 1 aromatic carbocycles. The zero-order chi connectivity index (χ0) is 16.1. The summed E-state index contributed by atoms with van der Waals surface area (Å²) in [6.07, 6.45) is 5.91. The minimum atomic E-state index is -0.256. The van der Waals surface area contributed by atoms with Gasteiger partial charge in [-0.1, -0.05) is 37.5 Å². The predicted molar refractivity (Wildman–Crippen MR) is 93.4 cm³/mol. The van der Waals surface area contributed by atoms with Crippen LogP contribution in [0.3, 0.4) is 0 Å². The molecular formula is C19H22O3S. The summed E-state index contributed by atoms with van der Waals surface area (Å²) in [5.41, 5.74) is 0.356. The first-order valence-electron chi connectivity index (χ1n) is 8.16. The van der Waals surface area contributed by atoms with E-state index in [1.54, 1.807) is 18.9 Å². The number of hydrogen-bond donors (Lipinski definition) is 0. The highest BCUT2D eigenvalue weighted by atomic mass is 32.2. The van der Waals surface area contributed by atoms with Gasteiger partial charge in [-0.3, -0.25) is 0 Å². The molecule has 0 N–H and O–H groups in total. The van der Waals surface area contributed by atoms with Gasteiger partial charge in [0.2, 0.25) is 0 Å². The van der Waals surface area contributed by atoms with E-state index in [1.165, 1.54) is 19.3 Å². The van der Waals surface area contributed by atoms with E-state index in [1.807, 2.05) is 36.4 Å². The van der Waals surface area contributed by atoms with Crippen LogP contribution in [0.4, 0.5) is 0 Å². The molecule has 1 fully saturated rings. The molecule has 122 valence electrons. The topological polar surface area (TPSA) is 39.4 Å². The maximum Gasteiger partial charge on any atom is 0.343 e. The highest BCUT2D eigenvalue weighted by Gasteiger charge is 2.21. The van der Waals surface area contributed by atoms with Crippen molar-refractivity contribution in [2.75, 3.05) is 7.11 Å². The molecule has 3 nitrogen and oxygen atoms in total. The van der Waals surface area contributed by atoms with Crippen LogP contribution in [-0.4, -0.2) is 7.11 Å². The summed E-state index contributed by atoms with van der Waals surface area (Å²) in [6, 6.07) is 12.0. The normalized spacial score (nSPS) is 15.5. The molecule has 23 heavy (non-hydrogen) atoms. The van der Waals surface area contributed by atoms with Gasteiger partial charge >= 0.3 is 5.63 Å². The van der Waals surface area contributed by atoms with Crippen molar-refractivity contribution in [3.63, 3.8) is 0 Å². The van der Waals surface area contributed by atoms with Crippen LogP contribution in [0.15, 0.2) is 50.5 Å². The Bertz CT molecular complexity index is 688. The lowest BCUT2D eigenvalue weighted by molar-refractivity contribution is 0.339. The minimum absolute atomic E-state index is 0.256. The van der Waals surface area contributed by atoms with Gasteiger partial charge in [-0.2, -0.15) is 0 Å². The Morgan fingerprint density at radius 1 is 1.17 bits per heavy atom. The van der Waals surface area contributed by atoms with Gasteiger partial charge in [-0.05, 0) is 25.0 Å². The Balaban J connectivity index is 1.81. The van der Waals surface area contributed by atoms with Crippen LogP contribution >= 0.6 is 11.8 Å². The van der Waals surface area contributed by atoms with Crippen molar-refractivity contribution in [1.82, 2.24) is 0 Å². The Morgan fingerprint density at radius 2 is 1.91 bits per heavy atom. The standard InChI is InChI=1S/C19H22O3S/c1-21-18-12-17(14-8-4-2-5-9-14)22-19(20)16(18)13-23-15-10-6-3-7-11-15/h3,6-7,10-12,14H,2,4-5,8-9,13H2,1H3. The monoisotopic (exact) mass is 330 g/mol. The molecular weight excluding hydrogens is 308 g/mol. The van der Waals surface area contributed by atoms with Gasteiger partial charge in [0.1, 0.15) is 11.5 Å². The summed E-state index contributed by atoms with van der Waals surface area (Å²) in [5, 5.41) is 0. The molecule has 0 bridgehead atoms. The van der Waals surface area contributed by atoms with Crippen LogP contribution < -0.4 is 10.4 Å². The number of benzene rings is 1. The number of methoxy groups -OCH3 is 1. The van der Waals surface area contributed by atoms with Gasteiger partial charge < -0.3 is 9.15 Å². The van der Waals surface area contributed by atoms with E-state index in [0.29, 0.717) is 23.0 Å². The molecule has 0 spiro atoms. The molecule has 0 radical (unpaired) electrons. The van der Waals surface area contributed by atoms with Crippen LogP contribution in [0.25, 0.3) is 0 Å². The molecule has 1 aliphatic carbocycles. The lowest BCUT2D eigenvalue weighted by Gasteiger charge is -2.21. The summed E-state index contributed by atoms with van der Waals surface area (Å²) >= 11 is 1.62. The second-order valence-corrected chi connectivity index (χ2v) is 6.97. The minimum Gasteiger partial charge on any atom is -0.496 e. The van der Waals surface area contributed by atoms with Crippen LogP contribution in [0.2, 0.25) is 0 Å². The highest BCUT2D eigenvalue weighted by molar-refractivity contribution is 7.98. The smallest absolute Gasteiger partial charge is 0.343 e. The second-order valence-electron chi connectivity index (χ2n) is 5.92. The fourth-order valence-electron chi connectivity index (χ4n) is 3.09. The van der Waals surface area contributed by atoms with E-state index in [2.05, 4.69) is 0 Å². The van der Waals surface area contributed by atoms with Crippen LogP contribution in [0.1, 0.15) is 49.3 Å². The fraction of sp³-hybridized carbons (Fsp3) is 0.421. The van der Waals surface area contributed by atoms with Crippen molar-refractivity contribution >= 4 is 11.8 Å².